The van der Waals surface area contributed by atoms with E-state index in [4.69, 9.17) is 11.1 Å². The molecular weight excluding hydrogens is 224 g/mol. The molecule has 3 atom stereocenters. The molecule has 1 saturated heterocycles. The third kappa shape index (κ3) is 2.47. The zero-order valence-corrected chi connectivity index (χ0v) is 11.4. The molecule has 1 aliphatic heterocycles. The number of anilines is 1. The minimum atomic E-state index is 0.0717. The van der Waals surface area contributed by atoms with E-state index >= 15 is 0 Å². The van der Waals surface area contributed by atoms with Crippen molar-refractivity contribution in [1.29, 1.82) is 5.41 Å². The standard InChI is InChI=1S/C14H22N4/c1-9-6-10(2)11(3)18(8-9)13-5-4-12(7-17-13)14(15)16/h4-5,7,9-11H,6,8H2,1-3H3,(H3,15,16). The minimum Gasteiger partial charge on any atom is -0.384 e. The van der Waals surface area contributed by atoms with Gasteiger partial charge in [-0.25, -0.2) is 4.98 Å². The molecule has 0 aromatic carbocycles. The summed E-state index contributed by atoms with van der Waals surface area (Å²) in [6.07, 6.45) is 2.97. The zero-order valence-electron chi connectivity index (χ0n) is 11.4. The fourth-order valence-electron chi connectivity index (χ4n) is 2.73. The number of nitrogen functional groups attached to an aromatic ring is 1. The van der Waals surface area contributed by atoms with Gasteiger partial charge in [-0.3, -0.25) is 5.41 Å². The summed E-state index contributed by atoms with van der Waals surface area (Å²) in [5, 5.41) is 7.38. The van der Waals surface area contributed by atoms with Crippen LogP contribution in [0.4, 0.5) is 5.82 Å². The first-order valence-electron chi connectivity index (χ1n) is 6.56. The molecule has 18 heavy (non-hydrogen) atoms. The summed E-state index contributed by atoms with van der Waals surface area (Å²) >= 11 is 0. The van der Waals surface area contributed by atoms with Gasteiger partial charge in [0.15, 0.2) is 0 Å². The fraction of sp³-hybridized carbons (Fsp3) is 0.571. The van der Waals surface area contributed by atoms with Crippen LogP contribution < -0.4 is 10.6 Å². The Balaban J connectivity index is 2.21. The number of aromatic nitrogens is 1. The average Bonchev–Trinajstić information content (AvgIpc) is 2.34. The number of nitrogens with zero attached hydrogens (tertiary/aromatic N) is 2. The topological polar surface area (TPSA) is 66.0 Å². The maximum Gasteiger partial charge on any atom is 0.128 e. The first-order valence-corrected chi connectivity index (χ1v) is 6.56. The number of hydrogen-bond donors (Lipinski definition) is 2. The first-order chi connectivity index (χ1) is 8.49. The molecule has 1 aromatic rings. The Morgan fingerprint density at radius 2 is 2.11 bits per heavy atom. The van der Waals surface area contributed by atoms with Crippen LogP contribution in [0, 0.1) is 17.2 Å². The second kappa shape index (κ2) is 4.96. The fourth-order valence-corrected chi connectivity index (χ4v) is 2.73. The predicted molar refractivity (Wildman–Crippen MR) is 75.0 cm³/mol. The van der Waals surface area contributed by atoms with E-state index in [1.54, 1.807) is 6.20 Å². The van der Waals surface area contributed by atoms with E-state index in [2.05, 4.69) is 30.7 Å². The van der Waals surface area contributed by atoms with E-state index in [1.165, 1.54) is 6.42 Å². The van der Waals surface area contributed by atoms with E-state index in [0.29, 0.717) is 23.4 Å². The molecule has 1 fully saturated rings. The van der Waals surface area contributed by atoms with Crippen LogP contribution in [0.15, 0.2) is 18.3 Å². The predicted octanol–water partition coefficient (Wildman–Crippen LogP) is 2.24. The molecule has 0 spiro atoms. The summed E-state index contributed by atoms with van der Waals surface area (Å²) in [5.41, 5.74) is 6.13. The van der Waals surface area contributed by atoms with Crippen LogP contribution in [-0.4, -0.2) is 23.4 Å². The summed E-state index contributed by atoms with van der Waals surface area (Å²) in [4.78, 5) is 6.81. The van der Waals surface area contributed by atoms with Gasteiger partial charge in [-0.15, -0.1) is 0 Å². The van der Waals surface area contributed by atoms with Gasteiger partial charge in [-0.1, -0.05) is 13.8 Å². The van der Waals surface area contributed by atoms with Crippen molar-refractivity contribution in [1.82, 2.24) is 4.98 Å². The van der Waals surface area contributed by atoms with Crippen molar-refractivity contribution in [3.63, 3.8) is 0 Å². The van der Waals surface area contributed by atoms with Crippen LogP contribution in [0.2, 0.25) is 0 Å². The summed E-state index contributed by atoms with van der Waals surface area (Å²) in [6, 6.07) is 4.36. The van der Waals surface area contributed by atoms with Gasteiger partial charge in [0, 0.05) is 24.3 Å². The Labute approximate surface area is 109 Å². The van der Waals surface area contributed by atoms with E-state index in [1.807, 2.05) is 12.1 Å². The number of amidine groups is 1. The first kappa shape index (κ1) is 12.9. The Kier molecular flexibility index (Phi) is 3.55. The quantitative estimate of drug-likeness (QED) is 0.621. The molecule has 0 radical (unpaired) electrons. The lowest BCUT2D eigenvalue weighted by atomic mass is 9.86. The van der Waals surface area contributed by atoms with Gasteiger partial charge in [-0.05, 0) is 37.3 Å². The van der Waals surface area contributed by atoms with Gasteiger partial charge < -0.3 is 10.6 Å². The van der Waals surface area contributed by atoms with E-state index < -0.39 is 0 Å². The molecule has 98 valence electrons. The van der Waals surface area contributed by atoms with Crippen LogP contribution in [0.3, 0.4) is 0 Å². The van der Waals surface area contributed by atoms with Crippen molar-refractivity contribution in [2.45, 2.75) is 33.2 Å². The molecule has 0 aliphatic carbocycles. The van der Waals surface area contributed by atoms with Crippen molar-refractivity contribution in [2.75, 3.05) is 11.4 Å². The normalized spacial score (nSPS) is 28.2. The van der Waals surface area contributed by atoms with Gasteiger partial charge in [0.05, 0.1) is 0 Å². The highest BCUT2D eigenvalue weighted by Crippen LogP contribution is 2.30. The molecule has 2 heterocycles. The van der Waals surface area contributed by atoms with Gasteiger partial charge in [0.25, 0.3) is 0 Å². The number of pyridine rings is 1. The highest BCUT2D eigenvalue weighted by Gasteiger charge is 2.29. The van der Waals surface area contributed by atoms with Gasteiger partial charge >= 0.3 is 0 Å². The van der Waals surface area contributed by atoms with Crippen LogP contribution in [-0.2, 0) is 0 Å². The summed E-state index contributed by atoms with van der Waals surface area (Å²) in [7, 11) is 0. The van der Waals surface area contributed by atoms with Crippen molar-refractivity contribution in [3.8, 4) is 0 Å². The molecule has 4 nitrogen and oxygen atoms in total. The van der Waals surface area contributed by atoms with Crippen LogP contribution in [0.5, 0.6) is 0 Å². The second-order valence-corrected chi connectivity index (χ2v) is 5.53. The third-order valence-electron chi connectivity index (χ3n) is 3.95. The summed E-state index contributed by atoms with van der Waals surface area (Å²) < 4.78 is 0. The number of hydrogen-bond acceptors (Lipinski definition) is 3. The van der Waals surface area contributed by atoms with E-state index in [9.17, 15) is 0 Å². The molecule has 3 unspecified atom stereocenters. The lowest BCUT2D eigenvalue weighted by molar-refractivity contribution is 0.295. The molecule has 1 aromatic heterocycles. The summed E-state index contributed by atoms with van der Waals surface area (Å²) in [6.45, 7) is 7.91. The smallest absolute Gasteiger partial charge is 0.128 e. The third-order valence-corrected chi connectivity index (χ3v) is 3.95. The number of nitrogens with one attached hydrogen (secondary N) is 1. The monoisotopic (exact) mass is 246 g/mol. The largest absolute Gasteiger partial charge is 0.384 e. The maximum absolute atomic E-state index is 7.38. The molecule has 0 amide bonds. The van der Waals surface area contributed by atoms with Crippen molar-refractivity contribution in [3.05, 3.63) is 23.9 Å². The SMILES string of the molecule is CC1CC(C)C(C)N(c2ccc(C(=N)N)cn2)C1. The Hall–Kier alpha value is -1.58. The van der Waals surface area contributed by atoms with E-state index in [0.717, 1.165) is 12.4 Å². The molecule has 0 saturated carbocycles. The molecule has 0 bridgehead atoms. The Bertz CT molecular complexity index is 426. The van der Waals surface area contributed by atoms with Gasteiger partial charge in [0.2, 0.25) is 0 Å². The molecular formula is C14H22N4. The van der Waals surface area contributed by atoms with Crippen molar-refractivity contribution < 1.29 is 0 Å². The average molecular weight is 246 g/mol. The molecule has 4 heteroatoms. The van der Waals surface area contributed by atoms with Gasteiger partial charge in [-0.2, -0.15) is 0 Å². The molecule has 3 N–H and O–H groups in total. The van der Waals surface area contributed by atoms with Crippen molar-refractivity contribution in [2.24, 2.45) is 17.6 Å². The Morgan fingerprint density at radius 1 is 1.39 bits per heavy atom. The summed E-state index contributed by atoms with van der Waals surface area (Å²) in [5.74, 6) is 2.45. The highest BCUT2D eigenvalue weighted by molar-refractivity contribution is 5.94. The lowest BCUT2D eigenvalue weighted by Crippen LogP contribution is -2.46. The van der Waals surface area contributed by atoms with Crippen LogP contribution in [0.25, 0.3) is 0 Å². The number of piperidine rings is 1. The maximum atomic E-state index is 7.38. The molecule has 2 rings (SSSR count). The molecule has 1 aliphatic rings. The van der Waals surface area contributed by atoms with E-state index in [-0.39, 0.29) is 5.84 Å². The lowest BCUT2D eigenvalue weighted by Gasteiger charge is -2.41. The Morgan fingerprint density at radius 3 is 2.67 bits per heavy atom. The number of rotatable bonds is 2. The second-order valence-electron chi connectivity index (χ2n) is 5.53. The highest BCUT2D eigenvalue weighted by atomic mass is 15.2. The zero-order chi connectivity index (χ0) is 13.3. The van der Waals surface area contributed by atoms with Crippen molar-refractivity contribution >= 4 is 11.7 Å². The van der Waals surface area contributed by atoms with Crippen LogP contribution >= 0.6 is 0 Å². The van der Waals surface area contributed by atoms with Crippen LogP contribution in [0.1, 0.15) is 32.8 Å². The number of nitrogens with two attached hydrogens (primary N) is 1. The van der Waals surface area contributed by atoms with Gasteiger partial charge in [0.1, 0.15) is 11.7 Å². The minimum absolute atomic E-state index is 0.0717.